The Labute approximate surface area is 101 Å². The fourth-order valence-electron chi connectivity index (χ4n) is 1.69. The van der Waals surface area contributed by atoms with E-state index in [1.165, 1.54) is 0 Å². The van der Waals surface area contributed by atoms with Crippen LogP contribution in [0.2, 0.25) is 0 Å². The molecule has 2 heteroatoms. The maximum atomic E-state index is 9.62. The van der Waals surface area contributed by atoms with E-state index in [-0.39, 0.29) is 0 Å². The number of para-hydroxylation sites is 1. The second-order valence-corrected chi connectivity index (χ2v) is 3.99. The maximum Gasteiger partial charge on any atom is 0.125 e. The number of rotatable bonds is 4. The monoisotopic (exact) mass is 228 g/mol. The molecule has 2 aromatic rings. The molecule has 0 amide bonds. The van der Waals surface area contributed by atoms with E-state index >= 15 is 0 Å². The summed E-state index contributed by atoms with van der Waals surface area (Å²) in [4.78, 5) is 0. The predicted molar refractivity (Wildman–Crippen MR) is 67.8 cm³/mol. The molecule has 0 bridgehead atoms. The van der Waals surface area contributed by atoms with E-state index in [0.717, 1.165) is 16.9 Å². The maximum absolute atomic E-state index is 9.62. The van der Waals surface area contributed by atoms with Crippen LogP contribution in [0.15, 0.2) is 54.6 Å². The Balaban J connectivity index is 2.09. The molecule has 0 fully saturated rings. The normalized spacial score (nSPS) is 12.1. The SMILES string of the molecule is C[C@@H](O)c1ccccc1OCc1ccccc1. The van der Waals surface area contributed by atoms with Crippen molar-refractivity contribution < 1.29 is 9.84 Å². The van der Waals surface area contributed by atoms with Crippen LogP contribution in [-0.4, -0.2) is 5.11 Å². The van der Waals surface area contributed by atoms with Crippen molar-refractivity contribution in [3.8, 4) is 5.75 Å². The highest BCUT2D eigenvalue weighted by Crippen LogP contribution is 2.25. The van der Waals surface area contributed by atoms with Crippen LogP contribution in [0.5, 0.6) is 5.75 Å². The molecule has 0 heterocycles. The van der Waals surface area contributed by atoms with E-state index in [2.05, 4.69) is 0 Å². The van der Waals surface area contributed by atoms with Crippen LogP contribution in [0, 0.1) is 0 Å². The van der Waals surface area contributed by atoms with Crippen LogP contribution >= 0.6 is 0 Å². The molecule has 2 aromatic carbocycles. The minimum Gasteiger partial charge on any atom is -0.489 e. The summed E-state index contributed by atoms with van der Waals surface area (Å²) in [5.41, 5.74) is 1.94. The fourth-order valence-corrected chi connectivity index (χ4v) is 1.69. The van der Waals surface area contributed by atoms with Crippen LogP contribution in [0.1, 0.15) is 24.2 Å². The van der Waals surface area contributed by atoms with E-state index < -0.39 is 6.10 Å². The molecule has 0 saturated carbocycles. The molecule has 1 N–H and O–H groups in total. The molecular weight excluding hydrogens is 212 g/mol. The third kappa shape index (κ3) is 3.08. The molecule has 1 atom stereocenters. The molecule has 0 aromatic heterocycles. The van der Waals surface area contributed by atoms with Crippen molar-refractivity contribution in [3.05, 3.63) is 65.7 Å². The van der Waals surface area contributed by atoms with Crippen molar-refractivity contribution >= 4 is 0 Å². The second kappa shape index (κ2) is 5.51. The standard InChI is InChI=1S/C15H16O2/c1-12(16)14-9-5-6-10-15(14)17-11-13-7-3-2-4-8-13/h2-10,12,16H,11H2,1H3/t12-/m1/s1. The quantitative estimate of drug-likeness (QED) is 0.869. The van der Waals surface area contributed by atoms with Gasteiger partial charge in [-0.15, -0.1) is 0 Å². The van der Waals surface area contributed by atoms with Gasteiger partial charge in [0.2, 0.25) is 0 Å². The van der Waals surface area contributed by atoms with Crippen LogP contribution in [0.4, 0.5) is 0 Å². The van der Waals surface area contributed by atoms with Crippen molar-refractivity contribution in [1.82, 2.24) is 0 Å². The molecular formula is C15H16O2. The Hall–Kier alpha value is -1.80. The van der Waals surface area contributed by atoms with Crippen molar-refractivity contribution in [1.29, 1.82) is 0 Å². The zero-order valence-electron chi connectivity index (χ0n) is 9.84. The smallest absolute Gasteiger partial charge is 0.125 e. The van der Waals surface area contributed by atoms with Gasteiger partial charge in [-0.2, -0.15) is 0 Å². The van der Waals surface area contributed by atoms with E-state index in [0.29, 0.717) is 6.61 Å². The third-order valence-electron chi connectivity index (χ3n) is 2.61. The molecule has 88 valence electrons. The average molecular weight is 228 g/mol. The van der Waals surface area contributed by atoms with Gasteiger partial charge in [-0.3, -0.25) is 0 Å². The predicted octanol–water partition coefficient (Wildman–Crippen LogP) is 3.32. The summed E-state index contributed by atoms with van der Waals surface area (Å²) in [5, 5.41) is 9.62. The Kier molecular flexibility index (Phi) is 3.78. The molecule has 0 radical (unpaired) electrons. The van der Waals surface area contributed by atoms with Gasteiger partial charge in [-0.05, 0) is 18.6 Å². The number of hydrogen-bond donors (Lipinski definition) is 1. The Morgan fingerprint density at radius 3 is 2.35 bits per heavy atom. The summed E-state index contributed by atoms with van der Waals surface area (Å²) in [5.74, 6) is 0.742. The lowest BCUT2D eigenvalue weighted by molar-refractivity contribution is 0.190. The van der Waals surface area contributed by atoms with E-state index in [4.69, 9.17) is 4.74 Å². The van der Waals surface area contributed by atoms with Gasteiger partial charge in [0.15, 0.2) is 0 Å². The first-order chi connectivity index (χ1) is 8.27. The second-order valence-electron chi connectivity index (χ2n) is 3.99. The topological polar surface area (TPSA) is 29.5 Å². The van der Waals surface area contributed by atoms with Gasteiger partial charge >= 0.3 is 0 Å². The number of ether oxygens (including phenoxy) is 1. The van der Waals surface area contributed by atoms with Crippen LogP contribution in [0.3, 0.4) is 0 Å². The Morgan fingerprint density at radius 1 is 1.00 bits per heavy atom. The summed E-state index contributed by atoms with van der Waals surface area (Å²) < 4.78 is 5.72. The molecule has 0 saturated heterocycles. The molecule has 0 spiro atoms. The lowest BCUT2D eigenvalue weighted by Gasteiger charge is -2.13. The molecule has 2 rings (SSSR count). The van der Waals surface area contributed by atoms with Crippen molar-refractivity contribution in [2.75, 3.05) is 0 Å². The number of hydrogen-bond acceptors (Lipinski definition) is 2. The van der Waals surface area contributed by atoms with Gasteiger partial charge in [0.1, 0.15) is 12.4 Å². The van der Waals surface area contributed by atoms with E-state index in [9.17, 15) is 5.11 Å². The lowest BCUT2D eigenvalue weighted by atomic mass is 10.1. The van der Waals surface area contributed by atoms with E-state index in [1.54, 1.807) is 6.92 Å². The summed E-state index contributed by atoms with van der Waals surface area (Å²) in [7, 11) is 0. The highest BCUT2D eigenvalue weighted by Gasteiger charge is 2.07. The molecule has 0 unspecified atom stereocenters. The number of aliphatic hydroxyl groups is 1. The van der Waals surface area contributed by atoms with Crippen molar-refractivity contribution in [2.24, 2.45) is 0 Å². The average Bonchev–Trinajstić information content (AvgIpc) is 2.38. The summed E-state index contributed by atoms with van der Waals surface area (Å²) in [6.07, 6.45) is -0.512. The summed E-state index contributed by atoms with van der Waals surface area (Å²) in [6.45, 7) is 2.26. The molecule has 2 nitrogen and oxygen atoms in total. The van der Waals surface area contributed by atoms with Gasteiger partial charge in [0.25, 0.3) is 0 Å². The Morgan fingerprint density at radius 2 is 1.65 bits per heavy atom. The summed E-state index contributed by atoms with van der Waals surface area (Å²) in [6, 6.07) is 17.6. The van der Waals surface area contributed by atoms with Gasteiger partial charge < -0.3 is 9.84 Å². The van der Waals surface area contributed by atoms with Crippen molar-refractivity contribution in [3.63, 3.8) is 0 Å². The van der Waals surface area contributed by atoms with Gasteiger partial charge in [-0.1, -0.05) is 48.5 Å². The van der Waals surface area contributed by atoms with Crippen LogP contribution < -0.4 is 4.74 Å². The first-order valence-electron chi connectivity index (χ1n) is 5.71. The minimum atomic E-state index is -0.512. The number of benzene rings is 2. The molecule has 0 aliphatic heterocycles. The lowest BCUT2D eigenvalue weighted by Crippen LogP contribution is -2.00. The Bertz CT molecular complexity index is 463. The first-order valence-corrected chi connectivity index (χ1v) is 5.71. The highest BCUT2D eigenvalue weighted by molar-refractivity contribution is 5.35. The summed E-state index contributed by atoms with van der Waals surface area (Å²) >= 11 is 0. The largest absolute Gasteiger partial charge is 0.489 e. The highest BCUT2D eigenvalue weighted by atomic mass is 16.5. The molecule has 0 aliphatic carbocycles. The van der Waals surface area contributed by atoms with Gasteiger partial charge in [0.05, 0.1) is 6.10 Å². The zero-order valence-corrected chi connectivity index (χ0v) is 9.84. The zero-order chi connectivity index (χ0) is 12.1. The van der Waals surface area contributed by atoms with Crippen LogP contribution in [-0.2, 0) is 6.61 Å². The molecule has 0 aliphatic rings. The first kappa shape index (κ1) is 11.7. The van der Waals surface area contributed by atoms with E-state index in [1.807, 2.05) is 54.6 Å². The van der Waals surface area contributed by atoms with Crippen LogP contribution in [0.25, 0.3) is 0 Å². The van der Waals surface area contributed by atoms with Gasteiger partial charge in [-0.25, -0.2) is 0 Å². The van der Waals surface area contributed by atoms with Crippen molar-refractivity contribution in [2.45, 2.75) is 19.6 Å². The third-order valence-corrected chi connectivity index (χ3v) is 2.61. The number of aliphatic hydroxyl groups excluding tert-OH is 1. The fraction of sp³-hybridized carbons (Fsp3) is 0.200. The minimum absolute atomic E-state index is 0.512. The molecule has 17 heavy (non-hydrogen) atoms. The van der Waals surface area contributed by atoms with Gasteiger partial charge in [0, 0.05) is 5.56 Å².